The van der Waals surface area contributed by atoms with Crippen LogP contribution in [0.1, 0.15) is 65.7 Å². The number of nitrogens with one attached hydrogen (secondary N) is 1. The Morgan fingerprint density at radius 2 is 2.12 bits per heavy atom. The van der Waals surface area contributed by atoms with E-state index < -0.39 is 0 Å². The van der Waals surface area contributed by atoms with Crippen LogP contribution in [-0.2, 0) is 4.74 Å². The van der Waals surface area contributed by atoms with Crippen molar-refractivity contribution >= 4 is 0 Å². The molecule has 0 aromatic carbocycles. The molecule has 4 unspecified atom stereocenters. The minimum Gasteiger partial charge on any atom is -0.374 e. The molecule has 1 aliphatic rings. The normalized spacial score (nSPS) is 28.2. The first-order valence-electron chi connectivity index (χ1n) is 7.32. The molecule has 0 saturated carbocycles. The Labute approximate surface area is 106 Å². The van der Waals surface area contributed by atoms with E-state index in [-0.39, 0.29) is 0 Å². The van der Waals surface area contributed by atoms with Crippen molar-refractivity contribution in [1.82, 2.24) is 5.43 Å². The molecule has 4 atom stereocenters. The lowest BCUT2D eigenvalue weighted by Crippen LogP contribution is -2.45. The van der Waals surface area contributed by atoms with Gasteiger partial charge in [0, 0.05) is 6.04 Å². The van der Waals surface area contributed by atoms with Crippen LogP contribution in [0.25, 0.3) is 0 Å². The molecule has 0 aromatic heterocycles. The van der Waals surface area contributed by atoms with E-state index in [0.717, 1.165) is 18.8 Å². The van der Waals surface area contributed by atoms with Crippen LogP contribution in [0.4, 0.5) is 0 Å². The van der Waals surface area contributed by atoms with Gasteiger partial charge in [0.1, 0.15) is 0 Å². The molecule has 102 valence electrons. The number of rotatable bonds is 8. The Bertz CT molecular complexity index is 199. The van der Waals surface area contributed by atoms with Crippen LogP contribution in [0.15, 0.2) is 0 Å². The summed E-state index contributed by atoms with van der Waals surface area (Å²) >= 11 is 0. The highest BCUT2D eigenvalue weighted by Gasteiger charge is 2.30. The smallest absolute Gasteiger partial charge is 0.0746 e. The average molecular weight is 242 g/mol. The van der Waals surface area contributed by atoms with Gasteiger partial charge in [-0.3, -0.25) is 11.3 Å². The maximum Gasteiger partial charge on any atom is 0.0746 e. The maximum absolute atomic E-state index is 5.92. The van der Waals surface area contributed by atoms with Gasteiger partial charge in [-0.1, -0.05) is 39.5 Å². The van der Waals surface area contributed by atoms with Gasteiger partial charge in [-0.25, -0.2) is 0 Å². The predicted octanol–water partition coefficient (Wildman–Crippen LogP) is 2.99. The highest BCUT2D eigenvalue weighted by Crippen LogP contribution is 2.27. The van der Waals surface area contributed by atoms with Gasteiger partial charge in [-0.2, -0.15) is 0 Å². The Hall–Kier alpha value is -0.120. The number of ether oxygens (including phenoxy) is 1. The summed E-state index contributed by atoms with van der Waals surface area (Å²) in [5.74, 6) is 6.49. The monoisotopic (exact) mass is 242 g/mol. The van der Waals surface area contributed by atoms with Crippen LogP contribution in [-0.4, -0.2) is 18.2 Å². The van der Waals surface area contributed by atoms with E-state index in [1.807, 2.05) is 0 Å². The fourth-order valence-electron chi connectivity index (χ4n) is 2.80. The van der Waals surface area contributed by atoms with E-state index in [9.17, 15) is 0 Å². The fraction of sp³-hybridized carbons (Fsp3) is 1.00. The van der Waals surface area contributed by atoms with Crippen molar-refractivity contribution in [2.75, 3.05) is 0 Å². The lowest BCUT2D eigenvalue weighted by molar-refractivity contribution is 0.0256. The van der Waals surface area contributed by atoms with E-state index >= 15 is 0 Å². The topological polar surface area (TPSA) is 47.3 Å². The van der Waals surface area contributed by atoms with Crippen LogP contribution < -0.4 is 11.3 Å². The molecule has 1 rings (SSSR count). The summed E-state index contributed by atoms with van der Waals surface area (Å²) in [5, 5.41) is 0. The minimum absolute atomic E-state index is 0.325. The highest BCUT2D eigenvalue weighted by atomic mass is 16.5. The summed E-state index contributed by atoms with van der Waals surface area (Å²) in [7, 11) is 0. The van der Waals surface area contributed by atoms with Gasteiger partial charge in [0.2, 0.25) is 0 Å². The lowest BCUT2D eigenvalue weighted by atomic mass is 9.89. The van der Waals surface area contributed by atoms with E-state index in [4.69, 9.17) is 10.6 Å². The van der Waals surface area contributed by atoms with E-state index in [2.05, 4.69) is 26.2 Å². The first kappa shape index (κ1) is 14.9. The van der Waals surface area contributed by atoms with Crippen molar-refractivity contribution in [2.24, 2.45) is 11.8 Å². The summed E-state index contributed by atoms with van der Waals surface area (Å²) in [5.41, 5.74) is 2.98. The lowest BCUT2D eigenvalue weighted by Gasteiger charge is -2.27. The summed E-state index contributed by atoms with van der Waals surface area (Å²) in [6.07, 6.45) is 9.41. The number of unbranched alkanes of at least 4 members (excludes halogenated alkanes) is 1. The van der Waals surface area contributed by atoms with Gasteiger partial charge in [-0.05, 0) is 32.1 Å². The summed E-state index contributed by atoms with van der Waals surface area (Å²) in [6.45, 7) is 6.70. The molecule has 3 N–H and O–H groups in total. The Morgan fingerprint density at radius 3 is 2.59 bits per heavy atom. The second kappa shape index (κ2) is 8.06. The first-order valence-corrected chi connectivity index (χ1v) is 7.32. The van der Waals surface area contributed by atoms with Gasteiger partial charge >= 0.3 is 0 Å². The predicted molar refractivity (Wildman–Crippen MR) is 72.6 cm³/mol. The quantitative estimate of drug-likeness (QED) is 0.508. The third kappa shape index (κ3) is 4.94. The zero-order valence-corrected chi connectivity index (χ0v) is 11.7. The molecule has 1 fully saturated rings. The van der Waals surface area contributed by atoms with E-state index in [1.54, 1.807) is 0 Å². The molecule has 1 heterocycles. The molecule has 3 nitrogen and oxygen atoms in total. The van der Waals surface area contributed by atoms with Gasteiger partial charge < -0.3 is 4.74 Å². The molecule has 1 aliphatic heterocycles. The first-order chi connectivity index (χ1) is 8.21. The third-order valence-corrected chi connectivity index (χ3v) is 4.06. The molecule has 0 aliphatic carbocycles. The molecule has 0 aromatic rings. The van der Waals surface area contributed by atoms with Crippen LogP contribution in [0.2, 0.25) is 0 Å². The molecule has 0 radical (unpaired) electrons. The number of hydrogen-bond donors (Lipinski definition) is 2. The Kier molecular flexibility index (Phi) is 7.09. The van der Waals surface area contributed by atoms with Gasteiger partial charge in [0.25, 0.3) is 0 Å². The van der Waals surface area contributed by atoms with Crippen LogP contribution in [0.5, 0.6) is 0 Å². The van der Waals surface area contributed by atoms with Crippen molar-refractivity contribution in [3.63, 3.8) is 0 Å². The van der Waals surface area contributed by atoms with Crippen LogP contribution in [0, 0.1) is 5.92 Å². The van der Waals surface area contributed by atoms with E-state index in [0.29, 0.717) is 18.2 Å². The second-order valence-electron chi connectivity index (χ2n) is 5.49. The molecular weight excluding hydrogens is 212 g/mol. The molecule has 17 heavy (non-hydrogen) atoms. The largest absolute Gasteiger partial charge is 0.374 e. The van der Waals surface area contributed by atoms with Crippen molar-refractivity contribution in [1.29, 1.82) is 0 Å². The highest BCUT2D eigenvalue weighted by molar-refractivity contribution is 4.83. The fourth-order valence-corrected chi connectivity index (χ4v) is 2.80. The average Bonchev–Trinajstić information content (AvgIpc) is 2.76. The molecule has 1 saturated heterocycles. The summed E-state index contributed by atoms with van der Waals surface area (Å²) in [6, 6.07) is 0.335. The number of hydrazine groups is 1. The third-order valence-electron chi connectivity index (χ3n) is 4.06. The molecule has 0 bridgehead atoms. The zero-order chi connectivity index (χ0) is 12.7. The van der Waals surface area contributed by atoms with Crippen LogP contribution in [0.3, 0.4) is 0 Å². The number of hydrogen-bond acceptors (Lipinski definition) is 3. The summed E-state index contributed by atoms with van der Waals surface area (Å²) < 4.78 is 5.92. The SMILES string of the molecule is CCCCC(CC)CC(NN)C1CCC(C)O1. The Morgan fingerprint density at radius 1 is 1.35 bits per heavy atom. The molecular formula is C14H30N2O. The molecule has 0 spiro atoms. The minimum atomic E-state index is 0.325. The second-order valence-corrected chi connectivity index (χ2v) is 5.49. The van der Waals surface area contributed by atoms with Gasteiger partial charge in [0.15, 0.2) is 0 Å². The Balaban J connectivity index is 2.38. The van der Waals surface area contributed by atoms with Crippen molar-refractivity contribution in [2.45, 2.75) is 84.0 Å². The van der Waals surface area contributed by atoms with Crippen LogP contribution >= 0.6 is 0 Å². The van der Waals surface area contributed by atoms with Gasteiger partial charge in [-0.15, -0.1) is 0 Å². The zero-order valence-electron chi connectivity index (χ0n) is 11.7. The maximum atomic E-state index is 5.92. The summed E-state index contributed by atoms with van der Waals surface area (Å²) in [4.78, 5) is 0. The number of nitrogens with two attached hydrogens (primary N) is 1. The van der Waals surface area contributed by atoms with Crippen molar-refractivity contribution in [3.8, 4) is 0 Å². The molecule has 3 heteroatoms. The van der Waals surface area contributed by atoms with Crippen molar-refractivity contribution < 1.29 is 4.74 Å². The van der Waals surface area contributed by atoms with Crippen molar-refractivity contribution in [3.05, 3.63) is 0 Å². The van der Waals surface area contributed by atoms with Gasteiger partial charge in [0.05, 0.1) is 12.2 Å². The standard InChI is InChI=1S/C14H30N2O/c1-4-6-7-12(5-2)10-13(16-15)14-9-8-11(3)17-14/h11-14,16H,4-10,15H2,1-3H3. The van der Waals surface area contributed by atoms with E-state index in [1.165, 1.54) is 32.1 Å². The molecule has 0 amide bonds.